The van der Waals surface area contributed by atoms with Crippen molar-refractivity contribution in [3.05, 3.63) is 36.4 Å². The molecule has 1 amide bonds. The average Bonchev–Trinajstić information content (AvgIpc) is 2.81. The third-order valence-corrected chi connectivity index (χ3v) is 6.04. The molecular weight excluding hydrogens is 344 g/mol. The number of carbonyl (C=O) groups is 1. The fourth-order valence-corrected chi connectivity index (χ4v) is 4.81. The third-order valence-electron chi connectivity index (χ3n) is 4.19. The number of hydrogen-bond donors (Lipinski definition) is 2. The molecule has 0 spiro atoms. The Balaban J connectivity index is 1.67. The lowest BCUT2D eigenvalue weighted by Crippen LogP contribution is -2.29. The minimum Gasteiger partial charge on any atom is -0.378 e. The summed E-state index contributed by atoms with van der Waals surface area (Å²) in [6.07, 6.45) is 0.181. The monoisotopic (exact) mass is 364 g/mol. The maximum atomic E-state index is 12.8. The highest BCUT2D eigenvalue weighted by molar-refractivity contribution is 7.93. The van der Waals surface area contributed by atoms with Gasteiger partial charge in [0.15, 0.2) is 0 Å². The zero-order valence-corrected chi connectivity index (χ0v) is 14.6. The molecule has 0 radical (unpaired) electrons. The molecule has 1 unspecified atom stereocenters. The van der Waals surface area contributed by atoms with E-state index in [1.807, 2.05) is 24.3 Å². The van der Waals surface area contributed by atoms with Gasteiger partial charge in [0.25, 0.3) is 10.0 Å². The second-order valence-corrected chi connectivity index (χ2v) is 7.81. The van der Waals surface area contributed by atoms with Gasteiger partial charge in [-0.3, -0.25) is 14.3 Å². The standard InChI is InChI=1S/C17H20N2O5S/c1-12(11-16(20)18-21)24-10-4-9-19-14-7-2-5-13-6-3-8-15(17(13)14)25(19,22)23/h2-3,5-8,12,21H,4,9-11H2,1H3,(H,18,20). The summed E-state index contributed by atoms with van der Waals surface area (Å²) in [5, 5.41) is 10.2. The normalized spacial score (nSPS) is 16.2. The van der Waals surface area contributed by atoms with Gasteiger partial charge in [-0.1, -0.05) is 24.3 Å². The van der Waals surface area contributed by atoms with Gasteiger partial charge in [0.05, 0.1) is 23.1 Å². The Labute approximate surface area is 146 Å². The molecule has 1 atom stereocenters. The molecule has 8 heteroatoms. The highest BCUT2D eigenvalue weighted by Crippen LogP contribution is 2.41. The minimum absolute atomic E-state index is 0.0449. The van der Waals surface area contributed by atoms with E-state index >= 15 is 0 Å². The van der Waals surface area contributed by atoms with E-state index in [4.69, 9.17) is 9.94 Å². The predicted octanol–water partition coefficient (Wildman–Crippen LogP) is 2.04. The summed E-state index contributed by atoms with van der Waals surface area (Å²) in [5.41, 5.74) is 2.25. The molecule has 0 bridgehead atoms. The molecule has 7 nitrogen and oxygen atoms in total. The van der Waals surface area contributed by atoms with E-state index in [1.54, 1.807) is 24.5 Å². The summed E-state index contributed by atoms with van der Waals surface area (Å²) in [7, 11) is -3.54. The van der Waals surface area contributed by atoms with Crippen LogP contribution in [-0.2, 0) is 19.6 Å². The first kappa shape index (κ1) is 17.7. The second kappa shape index (κ2) is 6.99. The van der Waals surface area contributed by atoms with Gasteiger partial charge >= 0.3 is 0 Å². The van der Waals surface area contributed by atoms with E-state index in [0.717, 1.165) is 10.8 Å². The number of hydrogen-bond acceptors (Lipinski definition) is 5. The van der Waals surface area contributed by atoms with Crippen molar-refractivity contribution in [2.75, 3.05) is 17.5 Å². The van der Waals surface area contributed by atoms with Gasteiger partial charge in [0.2, 0.25) is 5.91 Å². The molecule has 0 saturated carbocycles. The molecule has 2 N–H and O–H groups in total. The Morgan fingerprint density at radius 1 is 1.28 bits per heavy atom. The SMILES string of the molecule is CC(CC(=O)NO)OCCCN1c2cccc3cccc(c23)S1(=O)=O. The Morgan fingerprint density at radius 2 is 2.00 bits per heavy atom. The van der Waals surface area contributed by atoms with E-state index in [1.165, 1.54) is 4.31 Å². The number of benzene rings is 2. The molecule has 134 valence electrons. The van der Waals surface area contributed by atoms with Crippen LogP contribution in [0.2, 0.25) is 0 Å². The smallest absolute Gasteiger partial charge is 0.265 e. The van der Waals surface area contributed by atoms with Crippen molar-refractivity contribution < 1.29 is 23.2 Å². The molecule has 1 aliphatic heterocycles. The summed E-state index contributed by atoms with van der Waals surface area (Å²) in [6, 6.07) is 10.8. The van der Waals surface area contributed by atoms with Crippen LogP contribution in [0, 0.1) is 0 Å². The van der Waals surface area contributed by atoms with Gasteiger partial charge in [-0.15, -0.1) is 0 Å². The van der Waals surface area contributed by atoms with E-state index in [9.17, 15) is 13.2 Å². The van der Waals surface area contributed by atoms with Crippen LogP contribution in [-0.4, -0.2) is 38.8 Å². The van der Waals surface area contributed by atoms with Gasteiger partial charge in [0, 0.05) is 18.5 Å². The number of hydroxylamine groups is 1. The lowest BCUT2D eigenvalue weighted by Gasteiger charge is -2.19. The molecule has 1 aliphatic rings. The molecule has 1 heterocycles. The maximum Gasteiger partial charge on any atom is 0.265 e. The molecule has 2 aromatic rings. The second-order valence-electron chi connectivity index (χ2n) is 5.98. The first-order valence-electron chi connectivity index (χ1n) is 8.04. The zero-order valence-electron chi connectivity index (χ0n) is 13.8. The van der Waals surface area contributed by atoms with E-state index < -0.39 is 15.9 Å². The van der Waals surface area contributed by atoms with Crippen molar-refractivity contribution in [1.82, 2.24) is 5.48 Å². The zero-order chi connectivity index (χ0) is 18.0. The summed E-state index contributed by atoms with van der Waals surface area (Å²) in [6.45, 7) is 2.34. The minimum atomic E-state index is -3.54. The van der Waals surface area contributed by atoms with Crippen LogP contribution < -0.4 is 9.79 Å². The number of ether oxygens (including phenoxy) is 1. The Bertz CT molecular complexity index is 892. The van der Waals surface area contributed by atoms with Crippen LogP contribution in [0.5, 0.6) is 0 Å². The first-order chi connectivity index (χ1) is 11.9. The molecule has 0 fully saturated rings. The van der Waals surface area contributed by atoms with Crippen molar-refractivity contribution in [1.29, 1.82) is 0 Å². The lowest BCUT2D eigenvalue weighted by molar-refractivity contribution is -0.131. The van der Waals surface area contributed by atoms with Crippen molar-refractivity contribution >= 4 is 32.4 Å². The quantitative estimate of drug-likeness (QED) is 0.445. The number of anilines is 1. The van der Waals surface area contributed by atoms with Crippen molar-refractivity contribution in [3.8, 4) is 0 Å². The molecular formula is C17H20N2O5S. The number of amides is 1. The highest BCUT2D eigenvalue weighted by atomic mass is 32.2. The van der Waals surface area contributed by atoms with Crippen LogP contribution in [0.1, 0.15) is 19.8 Å². The summed E-state index contributed by atoms with van der Waals surface area (Å²) in [5.74, 6) is -0.517. The topological polar surface area (TPSA) is 95.9 Å². The first-order valence-corrected chi connectivity index (χ1v) is 9.48. The fourth-order valence-electron chi connectivity index (χ4n) is 3.06. The largest absolute Gasteiger partial charge is 0.378 e. The maximum absolute atomic E-state index is 12.8. The van der Waals surface area contributed by atoms with Crippen LogP contribution in [0.25, 0.3) is 10.8 Å². The van der Waals surface area contributed by atoms with E-state index in [-0.39, 0.29) is 12.5 Å². The lowest BCUT2D eigenvalue weighted by atomic mass is 10.1. The van der Waals surface area contributed by atoms with Crippen LogP contribution in [0.4, 0.5) is 5.69 Å². The van der Waals surface area contributed by atoms with E-state index in [0.29, 0.717) is 30.2 Å². The Kier molecular flexibility index (Phi) is 4.94. The molecule has 3 rings (SSSR count). The summed E-state index contributed by atoms with van der Waals surface area (Å²) >= 11 is 0. The molecule has 25 heavy (non-hydrogen) atoms. The van der Waals surface area contributed by atoms with Gasteiger partial charge in [-0.05, 0) is 30.9 Å². The van der Waals surface area contributed by atoms with Crippen molar-refractivity contribution in [3.63, 3.8) is 0 Å². The molecule has 0 saturated heterocycles. The van der Waals surface area contributed by atoms with Gasteiger partial charge in [0.1, 0.15) is 0 Å². The van der Waals surface area contributed by atoms with Crippen molar-refractivity contribution in [2.24, 2.45) is 0 Å². The van der Waals surface area contributed by atoms with Gasteiger partial charge in [-0.2, -0.15) is 0 Å². The van der Waals surface area contributed by atoms with E-state index in [2.05, 4.69) is 0 Å². The highest BCUT2D eigenvalue weighted by Gasteiger charge is 2.34. The average molecular weight is 364 g/mol. The molecule has 2 aromatic carbocycles. The van der Waals surface area contributed by atoms with Crippen LogP contribution in [0.15, 0.2) is 41.3 Å². The third kappa shape index (κ3) is 3.33. The molecule has 0 aliphatic carbocycles. The number of rotatable bonds is 7. The summed E-state index contributed by atoms with van der Waals surface area (Å²) in [4.78, 5) is 11.4. The van der Waals surface area contributed by atoms with Gasteiger partial charge < -0.3 is 4.74 Å². The Hall–Kier alpha value is -2.16. The van der Waals surface area contributed by atoms with Crippen LogP contribution >= 0.6 is 0 Å². The predicted molar refractivity (Wildman–Crippen MR) is 93.1 cm³/mol. The Morgan fingerprint density at radius 3 is 2.72 bits per heavy atom. The van der Waals surface area contributed by atoms with Crippen LogP contribution in [0.3, 0.4) is 0 Å². The number of carbonyl (C=O) groups excluding carboxylic acids is 1. The molecule has 0 aromatic heterocycles. The van der Waals surface area contributed by atoms with Crippen molar-refractivity contribution in [2.45, 2.75) is 30.8 Å². The number of nitrogens with one attached hydrogen (secondary N) is 1. The fraction of sp³-hybridized carbons (Fsp3) is 0.353. The summed E-state index contributed by atoms with van der Waals surface area (Å²) < 4.78 is 32.5. The van der Waals surface area contributed by atoms with Gasteiger partial charge in [-0.25, -0.2) is 13.9 Å². The number of sulfonamides is 1. The number of nitrogens with zero attached hydrogens (tertiary/aromatic N) is 1.